The molecule has 0 aliphatic carbocycles. The van der Waals surface area contributed by atoms with Gasteiger partial charge in [0.05, 0.1) is 20.1 Å². The number of methoxy groups -OCH3 is 1. The predicted octanol–water partition coefficient (Wildman–Crippen LogP) is 2.79. The second kappa shape index (κ2) is 6.42. The van der Waals surface area contributed by atoms with E-state index in [0.29, 0.717) is 0 Å². The minimum atomic E-state index is -4.62. The maximum atomic E-state index is 12.9. The van der Waals surface area contributed by atoms with E-state index in [9.17, 15) is 18.0 Å². The number of hydrogen-bond acceptors (Lipinski definition) is 3. The molecule has 0 aliphatic rings. The van der Waals surface area contributed by atoms with Crippen molar-refractivity contribution in [1.29, 1.82) is 0 Å². The van der Waals surface area contributed by atoms with Crippen LogP contribution in [0.4, 0.5) is 13.2 Å². The Morgan fingerprint density at radius 2 is 2.11 bits per heavy atom. The molecular formula is C12H13F3O4. The standard InChI is InChI=1S/C12H13F3O4/c1-18-9-4-2-3-8(7-9)11(12(13,14)15)19-6-5-10(16)17/h2-4,7,11H,5-6H2,1H3,(H,16,17). The van der Waals surface area contributed by atoms with E-state index in [2.05, 4.69) is 4.74 Å². The van der Waals surface area contributed by atoms with Gasteiger partial charge in [0.15, 0.2) is 6.10 Å². The third-order valence-electron chi connectivity index (χ3n) is 2.29. The Kier molecular flexibility index (Phi) is 5.17. The lowest BCUT2D eigenvalue weighted by atomic mass is 10.1. The molecule has 0 amide bonds. The molecule has 1 N–H and O–H groups in total. The number of rotatable bonds is 6. The molecule has 1 atom stereocenters. The molecule has 1 aromatic carbocycles. The second-order valence-electron chi connectivity index (χ2n) is 3.71. The monoisotopic (exact) mass is 278 g/mol. The molecule has 1 aromatic rings. The number of carbonyl (C=O) groups is 1. The van der Waals surface area contributed by atoms with Crippen LogP contribution in [0, 0.1) is 0 Å². The molecule has 0 aliphatic heterocycles. The molecule has 106 valence electrons. The van der Waals surface area contributed by atoms with E-state index in [0.717, 1.165) is 0 Å². The maximum Gasteiger partial charge on any atom is 0.418 e. The minimum absolute atomic E-state index is 0.128. The van der Waals surface area contributed by atoms with Crippen molar-refractivity contribution in [3.05, 3.63) is 29.8 Å². The molecule has 0 saturated heterocycles. The lowest BCUT2D eigenvalue weighted by Gasteiger charge is -2.21. The lowest BCUT2D eigenvalue weighted by molar-refractivity contribution is -0.224. The molecule has 0 aromatic heterocycles. The molecule has 19 heavy (non-hydrogen) atoms. The fourth-order valence-corrected chi connectivity index (χ4v) is 1.45. The van der Waals surface area contributed by atoms with Crippen LogP contribution >= 0.6 is 0 Å². The quantitative estimate of drug-likeness (QED) is 0.869. The smallest absolute Gasteiger partial charge is 0.418 e. The van der Waals surface area contributed by atoms with Gasteiger partial charge in [-0.2, -0.15) is 13.2 Å². The minimum Gasteiger partial charge on any atom is -0.497 e. The molecule has 0 fully saturated rings. The van der Waals surface area contributed by atoms with Gasteiger partial charge in [0.1, 0.15) is 5.75 Å². The van der Waals surface area contributed by atoms with Crippen LogP contribution in [0.2, 0.25) is 0 Å². The first-order valence-corrected chi connectivity index (χ1v) is 5.38. The van der Waals surface area contributed by atoms with Crippen LogP contribution in [0.25, 0.3) is 0 Å². The van der Waals surface area contributed by atoms with Crippen molar-refractivity contribution in [2.45, 2.75) is 18.7 Å². The van der Waals surface area contributed by atoms with E-state index >= 15 is 0 Å². The molecule has 0 radical (unpaired) electrons. The predicted molar refractivity (Wildman–Crippen MR) is 60.0 cm³/mol. The van der Waals surface area contributed by atoms with E-state index in [-0.39, 0.29) is 11.3 Å². The fraction of sp³-hybridized carbons (Fsp3) is 0.417. The summed E-state index contributed by atoms with van der Waals surface area (Å²) in [4.78, 5) is 10.3. The summed E-state index contributed by atoms with van der Waals surface area (Å²) in [6, 6.07) is 5.38. The third kappa shape index (κ3) is 4.78. The van der Waals surface area contributed by atoms with Crippen molar-refractivity contribution in [3.63, 3.8) is 0 Å². The highest BCUT2D eigenvalue weighted by Gasteiger charge is 2.42. The summed E-state index contributed by atoms with van der Waals surface area (Å²) in [5, 5.41) is 8.40. The SMILES string of the molecule is COc1cccc(C(OCCC(=O)O)C(F)(F)F)c1. The molecule has 7 heteroatoms. The summed E-state index contributed by atoms with van der Waals surface area (Å²) in [5.74, 6) is -0.944. The van der Waals surface area contributed by atoms with Gasteiger partial charge in [0.25, 0.3) is 0 Å². The lowest BCUT2D eigenvalue weighted by Crippen LogP contribution is -2.24. The molecule has 0 bridgehead atoms. The Balaban J connectivity index is 2.87. The molecule has 1 rings (SSSR count). The van der Waals surface area contributed by atoms with Gasteiger partial charge >= 0.3 is 12.1 Å². The molecule has 1 unspecified atom stereocenters. The Bertz CT molecular complexity index is 431. The summed E-state index contributed by atoms with van der Waals surface area (Å²) in [6.45, 7) is -0.517. The molecule has 0 heterocycles. The number of benzene rings is 1. The number of carboxylic acid groups (broad SMARTS) is 1. The van der Waals surface area contributed by atoms with Gasteiger partial charge in [0.2, 0.25) is 0 Å². The van der Waals surface area contributed by atoms with Crippen LogP contribution < -0.4 is 4.74 Å². The van der Waals surface area contributed by atoms with Crippen LogP contribution in [-0.2, 0) is 9.53 Å². The van der Waals surface area contributed by atoms with Gasteiger partial charge in [0, 0.05) is 0 Å². The van der Waals surface area contributed by atoms with Crippen LogP contribution in [0.5, 0.6) is 5.75 Å². The van der Waals surface area contributed by atoms with E-state index < -0.39 is 31.3 Å². The first kappa shape index (κ1) is 15.3. The number of carboxylic acids is 1. The van der Waals surface area contributed by atoms with Crippen LogP contribution in [0.1, 0.15) is 18.1 Å². The highest BCUT2D eigenvalue weighted by atomic mass is 19.4. The summed E-state index contributed by atoms with van der Waals surface area (Å²) in [6.07, 6.45) is -7.27. The van der Waals surface area contributed by atoms with E-state index in [4.69, 9.17) is 9.84 Å². The van der Waals surface area contributed by atoms with Crippen LogP contribution in [-0.4, -0.2) is 31.0 Å². The van der Waals surface area contributed by atoms with Crippen molar-refractivity contribution < 1.29 is 32.5 Å². The van der Waals surface area contributed by atoms with Crippen molar-refractivity contribution in [2.75, 3.05) is 13.7 Å². The molecule has 4 nitrogen and oxygen atoms in total. The Morgan fingerprint density at radius 3 is 2.63 bits per heavy atom. The summed E-state index contributed by atoms with van der Waals surface area (Å²) in [5.41, 5.74) is -0.128. The van der Waals surface area contributed by atoms with Gasteiger partial charge in [-0.15, -0.1) is 0 Å². The largest absolute Gasteiger partial charge is 0.497 e. The van der Waals surface area contributed by atoms with Gasteiger partial charge in [-0.25, -0.2) is 0 Å². The van der Waals surface area contributed by atoms with Gasteiger partial charge in [-0.3, -0.25) is 4.79 Å². The summed E-state index contributed by atoms with van der Waals surface area (Å²) < 4.78 is 48.0. The van der Waals surface area contributed by atoms with Gasteiger partial charge in [-0.05, 0) is 17.7 Å². The van der Waals surface area contributed by atoms with Crippen molar-refractivity contribution in [2.24, 2.45) is 0 Å². The molecule has 0 spiro atoms. The topological polar surface area (TPSA) is 55.8 Å². The number of alkyl halides is 3. The summed E-state index contributed by atoms with van der Waals surface area (Å²) >= 11 is 0. The number of ether oxygens (including phenoxy) is 2. The Morgan fingerprint density at radius 1 is 1.42 bits per heavy atom. The molecular weight excluding hydrogens is 265 g/mol. The van der Waals surface area contributed by atoms with E-state index in [1.807, 2.05) is 0 Å². The zero-order chi connectivity index (χ0) is 14.5. The summed E-state index contributed by atoms with van der Waals surface area (Å²) in [7, 11) is 1.34. The average Bonchev–Trinajstić information content (AvgIpc) is 2.33. The number of halogens is 3. The fourth-order valence-electron chi connectivity index (χ4n) is 1.45. The van der Waals surface area contributed by atoms with Crippen LogP contribution in [0.3, 0.4) is 0 Å². The molecule has 0 saturated carbocycles. The zero-order valence-corrected chi connectivity index (χ0v) is 10.1. The Labute approximate surface area is 107 Å². The number of hydrogen-bond donors (Lipinski definition) is 1. The third-order valence-corrected chi connectivity index (χ3v) is 2.29. The number of aliphatic carboxylic acids is 1. The highest BCUT2D eigenvalue weighted by Crippen LogP contribution is 2.36. The first-order chi connectivity index (χ1) is 8.84. The van der Waals surface area contributed by atoms with Crippen molar-refractivity contribution >= 4 is 5.97 Å². The maximum absolute atomic E-state index is 12.9. The zero-order valence-electron chi connectivity index (χ0n) is 10.1. The van der Waals surface area contributed by atoms with Crippen molar-refractivity contribution in [1.82, 2.24) is 0 Å². The first-order valence-electron chi connectivity index (χ1n) is 5.38. The van der Waals surface area contributed by atoms with E-state index in [1.165, 1.54) is 31.4 Å². The van der Waals surface area contributed by atoms with E-state index in [1.54, 1.807) is 0 Å². The highest BCUT2D eigenvalue weighted by molar-refractivity contribution is 5.66. The average molecular weight is 278 g/mol. The normalized spacial score (nSPS) is 13.1. The Hall–Kier alpha value is -1.76. The van der Waals surface area contributed by atoms with Crippen LogP contribution in [0.15, 0.2) is 24.3 Å². The van der Waals surface area contributed by atoms with Gasteiger partial charge in [-0.1, -0.05) is 12.1 Å². The van der Waals surface area contributed by atoms with Crippen molar-refractivity contribution in [3.8, 4) is 5.75 Å². The van der Waals surface area contributed by atoms with Gasteiger partial charge < -0.3 is 14.6 Å². The second-order valence-corrected chi connectivity index (χ2v) is 3.71.